The minimum atomic E-state index is 0.304. The Morgan fingerprint density at radius 2 is 2.17 bits per heavy atom. The average Bonchev–Trinajstić information content (AvgIpc) is 2.67. The maximum atomic E-state index is 5.49. The van der Waals surface area contributed by atoms with E-state index in [-0.39, 0.29) is 0 Å². The van der Waals surface area contributed by atoms with Crippen molar-refractivity contribution >= 4 is 23.4 Å². The van der Waals surface area contributed by atoms with Crippen molar-refractivity contribution < 1.29 is 0 Å². The lowest BCUT2D eigenvalue weighted by atomic mass is 10.2. The zero-order valence-corrected chi connectivity index (χ0v) is 11.8. The van der Waals surface area contributed by atoms with Crippen molar-refractivity contribution in [3.63, 3.8) is 0 Å². The summed E-state index contributed by atoms with van der Waals surface area (Å²) in [5.74, 6) is 10.7. The van der Waals surface area contributed by atoms with Gasteiger partial charge in [-0.2, -0.15) is 11.8 Å². The zero-order valence-electron chi connectivity index (χ0n) is 11.0. The highest BCUT2D eigenvalue weighted by atomic mass is 32.2. The number of hydrogen-bond acceptors (Lipinski definition) is 6. The van der Waals surface area contributed by atoms with Gasteiger partial charge >= 0.3 is 0 Å². The van der Waals surface area contributed by atoms with Crippen molar-refractivity contribution in [3.05, 3.63) is 11.9 Å². The van der Waals surface area contributed by atoms with Crippen LogP contribution >= 0.6 is 11.8 Å². The van der Waals surface area contributed by atoms with Crippen LogP contribution < -0.4 is 16.2 Å². The molecule has 0 saturated carbocycles. The van der Waals surface area contributed by atoms with Crippen LogP contribution in [0.2, 0.25) is 0 Å². The van der Waals surface area contributed by atoms with Crippen LogP contribution in [-0.2, 0) is 0 Å². The topological polar surface area (TPSA) is 67.1 Å². The maximum absolute atomic E-state index is 5.49. The standard InChI is InChI=1S/C12H21N5S/c1-9(2)12-14-10(16-13)8-11(15-12)17-4-3-6-18-7-5-17/h8-9H,3-7,13H2,1-2H3,(H,14,15,16). The van der Waals surface area contributed by atoms with Crippen molar-refractivity contribution in [1.29, 1.82) is 0 Å². The van der Waals surface area contributed by atoms with E-state index in [4.69, 9.17) is 5.84 Å². The van der Waals surface area contributed by atoms with E-state index >= 15 is 0 Å². The molecule has 0 radical (unpaired) electrons. The number of nitrogens with two attached hydrogens (primary N) is 1. The van der Waals surface area contributed by atoms with E-state index in [2.05, 4.69) is 34.1 Å². The van der Waals surface area contributed by atoms with E-state index in [9.17, 15) is 0 Å². The van der Waals surface area contributed by atoms with Crippen molar-refractivity contribution in [2.75, 3.05) is 34.9 Å². The molecule has 0 amide bonds. The lowest BCUT2D eigenvalue weighted by Crippen LogP contribution is -2.27. The number of thioether (sulfide) groups is 1. The van der Waals surface area contributed by atoms with Crippen molar-refractivity contribution in [3.8, 4) is 0 Å². The predicted octanol–water partition coefficient (Wildman–Crippen LogP) is 1.83. The minimum Gasteiger partial charge on any atom is -0.356 e. The van der Waals surface area contributed by atoms with Gasteiger partial charge in [0.05, 0.1) is 0 Å². The quantitative estimate of drug-likeness (QED) is 0.643. The molecule has 2 rings (SSSR count). The van der Waals surface area contributed by atoms with E-state index in [1.165, 1.54) is 12.2 Å². The highest BCUT2D eigenvalue weighted by molar-refractivity contribution is 7.99. The van der Waals surface area contributed by atoms with Gasteiger partial charge in [-0.05, 0) is 12.2 Å². The molecule has 2 heterocycles. The third-order valence-corrected chi connectivity index (χ3v) is 3.99. The largest absolute Gasteiger partial charge is 0.356 e. The zero-order chi connectivity index (χ0) is 13.0. The minimum absolute atomic E-state index is 0.304. The number of aromatic nitrogens is 2. The molecule has 1 aliphatic rings. The molecular weight excluding hydrogens is 246 g/mol. The van der Waals surface area contributed by atoms with Crippen molar-refractivity contribution in [2.45, 2.75) is 26.2 Å². The van der Waals surface area contributed by atoms with E-state index in [1.54, 1.807) is 0 Å². The highest BCUT2D eigenvalue weighted by Crippen LogP contribution is 2.22. The summed E-state index contributed by atoms with van der Waals surface area (Å²) in [6.07, 6.45) is 1.21. The van der Waals surface area contributed by atoms with Gasteiger partial charge in [0, 0.05) is 30.8 Å². The number of anilines is 2. The fourth-order valence-corrected chi connectivity index (χ4v) is 2.81. The molecule has 5 nitrogen and oxygen atoms in total. The maximum Gasteiger partial charge on any atom is 0.145 e. The van der Waals surface area contributed by atoms with Crippen molar-refractivity contribution in [2.24, 2.45) is 5.84 Å². The van der Waals surface area contributed by atoms with Gasteiger partial charge < -0.3 is 10.3 Å². The SMILES string of the molecule is CC(C)c1nc(NN)cc(N2CCCSCC2)n1. The molecule has 1 aromatic heterocycles. The molecular formula is C12H21N5S. The van der Waals surface area contributed by atoms with Crippen LogP contribution in [0.5, 0.6) is 0 Å². The molecule has 0 unspecified atom stereocenters. The van der Waals surface area contributed by atoms with Crippen LogP contribution in [0.25, 0.3) is 0 Å². The van der Waals surface area contributed by atoms with E-state index in [0.717, 1.165) is 30.5 Å². The fourth-order valence-electron chi connectivity index (χ4n) is 1.92. The molecule has 18 heavy (non-hydrogen) atoms. The summed E-state index contributed by atoms with van der Waals surface area (Å²) in [5, 5.41) is 0. The fraction of sp³-hybridized carbons (Fsp3) is 0.667. The highest BCUT2D eigenvalue weighted by Gasteiger charge is 2.14. The molecule has 0 atom stereocenters. The monoisotopic (exact) mass is 267 g/mol. The van der Waals surface area contributed by atoms with Crippen molar-refractivity contribution in [1.82, 2.24) is 9.97 Å². The molecule has 0 bridgehead atoms. The number of nitrogen functional groups attached to an aromatic ring is 1. The summed E-state index contributed by atoms with van der Waals surface area (Å²) in [7, 11) is 0. The van der Waals surface area contributed by atoms with Crippen LogP contribution in [-0.4, -0.2) is 34.6 Å². The third-order valence-electron chi connectivity index (χ3n) is 2.94. The van der Waals surface area contributed by atoms with Gasteiger partial charge in [-0.3, -0.25) is 0 Å². The Hall–Kier alpha value is -1.01. The molecule has 1 fully saturated rings. The smallest absolute Gasteiger partial charge is 0.145 e. The normalized spacial score (nSPS) is 16.8. The predicted molar refractivity (Wildman–Crippen MR) is 78.1 cm³/mol. The van der Waals surface area contributed by atoms with Gasteiger partial charge in [0.15, 0.2) is 0 Å². The summed E-state index contributed by atoms with van der Waals surface area (Å²) in [5.41, 5.74) is 2.63. The van der Waals surface area contributed by atoms with Gasteiger partial charge in [0.1, 0.15) is 17.5 Å². The molecule has 1 aromatic rings. The lowest BCUT2D eigenvalue weighted by Gasteiger charge is -2.22. The first-order valence-corrected chi connectivity index (χ1v) is 7.54. The van der Waals surface area contributed by atoms with E-state index in [1.807, 2.05) is 17.8 Å². The summed E-state index contributed by atoms with van der Waals surface area (Å²) in [6.45, 7) is 6.30. The number of hydrogen-bond donors (Lipinski definition) is 2. The first kappa shape index (κ1) is 13.4. The van der Waals surface area contributed by atoms with Crippen LogP contribution in [0.1, 0.15) is 32.0 Å². The molecule has 1 aliphatic heterocycles. The first-order chi connectivity index (χ1) is 8.70. The van der Waals surface area contributed by atoms with E-state index < -0.39 is 0 Å². The molecule has 1 saturated heterocycles. The van der Waals surface area contributed by atoms with Gasteiger partial charge in [-0.25, -0.2) is 15.8 Å². The lowest BCUT2D eigenvalue weighted by molar-refractivity contribution is 0.747. The number of nitrogens with zero attached hydrogens (tertiary/aromatic N) is 3. The molecule has 0 spiro atoms. The number of hydrazine groups is 1. The second-order valence-electron chi connectivity index (χ2n) is 4.72. The molecule has 0 aromatic carbocycles. The Labute approximate surface area is 113 Å². The molecule has 0 aliphatic carbocycles. The summed E-state index contributed by atoms with van der Waals surface area (Å²) in [4.78, 5) is 11.4. The second kappa shape index (κ2) is 6.24. The Morgan fingerprint density at radius 3 is 2.89 bits per heavy atom. The second-order valence-corrected chi connectivity index (χ2v) is 5.95. The molecule has 6 heteroatoms. The van der Waals surface area contributed by atoms with Gasteiger partial charge in [0.2, 0.25) is 0 Å². The Bertz CT molecular complexity index is 388. The Balaban J connectivity index is 2.27. The summed E-state index contributed by atoms with van der Waals surface area (Å²) < 4.78 is 0. The van der Waals surface area contributed by atoms with Crippen LogP contribution in [0.15, 0.2) is 6.07 Å². The average molecular weight is 267 g/mol. The van der Waals surface area contributed by atoms with E-state index in [0.29, 0.717) is 11.7 Å². The van der Waals surface area contributed by atoms with Gasteiger partial charge in [0.25, 0.3) is 0 Å². The van der Waals surface area contributed by atoms with Crippen LogP contribution in [0.3, 0.4) is 0 Å². The first-order valence-electron chi connectivity index (χ1n) is 6.39. The summed E-state index contributed by atoms with van der Waals surface area (Å²) >= 11 is 2.01. The van der Waals surface area contributed by atoms with Crippen LogP contribution in [0, 0.1) is 0 Å². The van der Waals surface area contributed by atoms with Crippen LogP contribution in [0.4, 0.5) is 11.6 Å². The third kappa shape index (κ3) is 3.26. The molecule has 100 valence electrons. The molecule has 3 N–H and O–H groups in total. The Morgan fingerprint density at radius 1 is 1.33 bits per heavy atom. The van der Waals surface area contributed by atoms with Gasteiger partial charge in [-0.15, -0.1) is 0 Å². The van der Waals surface area contributed by atoms with Gasteiger partial charge in [-0.1, -0.05) is 13.8 Å². The number of nitrogens with one attached hydrogen (secondary N) is 1. The Kier molecular flexibility index (Phi) is 4.66. The summed E-state index contributed by atoms with van der Waals surface area (Å²) in [6, 6.07) is 1.93. The number of rotatable bonds is 3.